The highest BCUT2D eigenvalue weighted by Gasteiger charge is 2.47. The first kappa shape index (κ1) is 41.1. The van der Waals surface area contributed by atoms with Gasteiger partial charge >= 0.3 is 11.9 Å². The molecule has 9 rings (SSSR count). The molecule has 1 aliphatic rings. The van der Waals surface area contributed by atoms with Gasteiger partial charge in [0.25, 0.3) is 0 Å². The van der Waals surface area contributed by atoms with E-state index in [4.69, 9.17) is 18.9 Å². The van der Waals surface area contributed by atoms with E-state index in [1.54, 1.807) is 26.0 Å². The molecule has 0 bridgehead atoms. The number of aliphatic hydroxyl groups is 2. The lowest BCUT2D eigenvalue weighted by atomic mass is 9.65. The van der Waals surface area contributed by atoms with Gasteiger partial charge in [0.1, 0.15) is 50.1 Å². The van der Waals surface area contributed by atoms with E-state index in [1.807, 2.05) is 24.3 Å². The first-order chi connectivity index (χ1) is 30.8. The maximum Gasteiger partial charge on any atom is 0.330 e. The molecule has 2 N–H and O–H groups in total. The molecule has 0 radical (unpaired) electrons. The normalized spacial score (nSPS) is 14.0. The lowest BCUT2D eigenvalue weighted by Crippen LogP contribution is -2.29. The van der Waals surface area contributed by atoms with Crippen LogP contribution in [0.2, 0.25) is 0 Å². The van der Waals surface area contributed by atoms with E-state index >= 15 is 0 Å². The number of benzene rings is 8. The molecule has 0 aliphatic heterocycles. The number of aliphatic hydroxyl groups excluding tert-OH is 2. The number of carbonyl (C=O) groups excluding carboxylic acids is 2. The molecule has 1 aliphatic carbocycles. The second-order valence-corrected chi connectivity index (χ2v) is 15.7. The molecular formula is C55H46O8. The number of allylic oxidation sites excluding steroid dienone is 2. The van der Waals surface area contributed by atoms with E-state index in [1.165, 1.54) is 34.4 Å². The van der Waals surface area contributed by atoms with Crippen LogP contribution in [0.15, 0.2) is 170 Å². The Morgan fingerprint density at radius 3 is 1.27 bits per heavy atom. The highest BCUT2D eigenvalue weighted by atomic mass is 16.6. The minimum atomic E-state index is -1.000. The molecule has 314 valence electrons. The summed E-state index contributed by atoms with van der Waals surface area (Å²) in [7, 11) is 0. The van der Waals surface area contributed by atoms with Crippen molar-refractivity contribution in [2.45, 2.75) is 31.5 Å². The van der Waals surface area contributed by atoms with Gasteiger partial charge in [-0.25, -0.2) is 9.59 Å². The Morgan fingerprint density at radius 2 is 0.841 bits per heavy atom. The maximum atomic E-state index is 11.8. The predicted molar refractivity (Wildman–Crippen MR) is 248 cm³/mol. The van der Waals surface area contributed by atoms with Crippen LogP contribution in [0.4, 0.5) is 0 Å². The molecule has 0 saturated carbocycles. The Labute approximate surface area is 365 Å². The average Bonchev–Trinajstić information content (AvgIpc) is 3.60. The molecule has 2 unspecified atom stereocenters. The number of rotatable bonds is 14. The second kappa shape index (κ2) is 17.6. The molecule has 8 aromatic rings. The molecule has 0 spiro atoms. The fraction of sp³-hybridized carbons (Fsp3) is 0.164. The summed E-state index contributed by atoms with van der Waals surface area (Å²) in [5, 5.41) is 29.2. The summed E-state index contributed by atoms with van der Waals surface area (Å²) < 4.78 is 22.6. The molecule has 0 aromatic heterocycles. The molecule has 0 fully saturated rings. The fourth-order valence-corrected chi connectivity index (χ4v) is 9.10. The highest BCUT2D eigenvalue weighted by molar-refractivity contribution is 6.07. The van der Waals surface area contributed by atoms with E-state index < -0.39 is 29.6 Å². The Balaban J connectivity index is 1.18. The Hall–Kier alpha value is -7.26. The zero-order chi connectivity index (χ0) is 43.5. The standard InChI is InChI=1S/C55H46O8/c1-3-13-53(58)62-33-39(56)31-60-51-25-11-17-37-27-43-35(29-45(37)51)15-9-23-49(43)55(47-21-7-5-19-41(47)42-20-6-8-22-48(42)55)50-24-10-16-36-30-46-38(28-44(36)50)18-12-26-52(46)61-32-40(57)34-63-54(59)14-4-2/h3-30,39-40,56-57H,31-34H2,1-2H3. The van der Waals surface area contributed by atoms with E-state index in [0.717, 1.165) is 54.2 Å². The number of carbonyl (C=O) groups is 2. The third-order valence-electron chi connectivity index (χ3n) is 11.7. The predicted octanol–water partition coefficient (Wildman–Crippen LogP) is 10.4. The molecule has 8 nitrogen and oxygen atoms in total. The zero-order valence-corrected chi connectivity index (χ0v) is 35.0. The Bertz CT molecular complexity index is 2880. The van der Waals surface area contributed by atoms with E-state index in [0.29, 0.717) is 11.5 Å². The first-order valence-corrected chi connectivity index (χ1v) is 21.1. The van der Waals surface area contributed by atoms with Crippen molar-refractivity contribution < 1.29 is 38.7 Å². The van der Waals surface area contributed by atoms with Gasteiger partial charge in [0.15, 0.2) is 0 Å². The van der Waals surface area contributed by atoms with Crippen LogP contribution in [-0.2, 0) is 24.5 Å². The van der Waals surface area contributed by atoms with Gasteiger partial charge in [0, 0.05) is 22.9 Å². The van der Waals surface area contributed by atoms with Gasteiger partial charge in [0.05, 0.1) is 5.41 Å². The number of esters is 2. The molecule has 0 heterocycles. The second-order valence-electron chi connectivity index (χ2n) is 15.7. The summed E-state index contributed by atoms with van der Waals surface area (Å²) in [6, 6.07) is 51.1. The number of ether oxygens (including phenoxy) is 4. The number of hydrogen-bond donors (Lipinski definition) is 2. The average molecular weight is 835 g/mol. The van der Waals surface area contributed by atoms with E-state index in [-0.39, 0.29) is 26.4 Å². The fourth-order valence-electron chi connectivity index (χ4n) is 9.10. The van der Waals surface area contributed by atoms with Crippen LogP contribution in [0.25, 0.3) is 54.2 Å². The number of hydrogen-bond acceptors (Lipinski definition) is 8. The smallest absolute Gasteiger partial charge is 0.330 e. The lowest BCUT2D eigenvalue weighted by Gasteiger charge is -2.36. The van der Waals surface area contributed by atoms with Gasteiger partial charge in [-0.05, 0) is 116 Å². The van der Waals surface area contributed by atoms with Crippen LogP contribution in [0.3, 0.4) is 0 Å². The van der Waals surface area contributed by atoms with Gasteiger partial charge in [-0.15, -0.1) is 0 Å². The SMILES string of the molecule is CC=CC(=O)OCC(O)COc1cccc2cc3c(C4(c5cccc6cc7c(OCC(O)COC(=O)C=CC)cccc7cc56)c5ccccc5-c5ccccc54)cccc3cc12. The summed E-state index contributed by atoms with van der Waals surface area (Å²) >= 11 is 0. The quantitative estimate of drug-likeness (QED) is 0.0633. The first-order valence-electron chi connectivity index (χ1n) is 21.1. The molecule has 8 aromatic carbocycles. The Morgan fingerprint density at radius 1 is 0.476 bits per heavy atom. The minimum Gasteiger partial charge on any atom is -0.490 e. The van der Waals surface area contributed by atoms with Crippen LogP contribution in [-0.4, -0.2) is 60.8 Å². The summed E-state index contributed by atoms with van der Waals surface area (Å²) in [5.41, 5.74) is 6.27. The van der Waals surface area contributed by atoms with Gasteiger partial charge in [-0.3, -0.25) is 0 Å². The molecule has 8 heteroatoms. The molecule has 0 saturated heterocycles. The monoisotopic (exact) mass is 834 g/mol. The molecular weight excluding hydrogens is 789 g/mol. The minimum absolute atomic E-state index is 0.0451. The van der Waals surface area contributed by atoms with Crippen LogP contribution < -0.4 is 9.47 Å². The van der Waals surface area contributed by atoms with Crippen LogP contribution in [0.5, 0.6) is 11.5 Å². The van der Waals surface area contributed by atoms with Crippen molar-refractivity contribution in [3.05, 3.63) is 192 Å². The van der Waals surface area contributed by atoms with Gasteiger partial charge in [-0.1, -0.05) is 121 Å². The summed E-state index contributed by atoms with van der Waals surface area (Å²) in [6.07, 6.45) is 3.80. The summed E-state index contributed by atoms with van der Waals surface area (Å²) in [4.78, 5) is 23.6. The van der Waals surface area contributed by atoms with Crippen LogP contribution in [0, 0.1) is 0 Å². The third-order valence-corrected chi connectivity index (χ3v) is 11.7. The van der Waals surface area contributed by atoms with Gasteiger partial charge in [0.2, 0.25) is 0 Å². The largest absolute Gasteiger partial charge is 0.490 e. The van der Waals surface area contributed by atoms with E-state index in [2.05, 4.69) is 121 Å². The van der Waals surface area contributed by atoms with Crippen LogP contribution in [0.1, 0.15) is 36.1 Å². The van der Waals surface area contributed by atoms with Crippen molar-refractivity contribution in [2.24, 2.45) is 0 Å². The number of fused-ring (bicyclic) bond motifs is 7. The van der Waals surface area contributed by atoms with Crippen molar-refractivity contribution in [3.63, 3.8) is 0 Å². The van der Waals surface area contributed by atoms with Crippen molar-refractivity contribution >= 4 is 55.0 Å². The summed E-state index contributed by atoms with van der Waals surface area (Å²) in [6.45, 7) is 3.02. The van der Waals surface area contributed by atoms with Crippen molar-refractivity contribution in [1.82, 2.24) is 0 Å². The topological polar surface area (TPSA) is 112 Å². The highest BCUT2D eigenvalue weighted by Crippen LogP contribution is 2.58. The van der Waals surface area contributed by atoms with E-state index in [9.17, 15) is 19.8 Å². The Kier molecular flexibility index (Phi) is 11.5. The summed E-state index contributed by atoms with van der Waals surface area (Å²) in [5.74, 6) is 0.218. The van der Waals surface area contributed by atoms with Crippen LogP contribution >= 0.6 is 0 Å². The van der Waals surface area contributed by atoms with Gasteiger partial charge in [-0.2, -0.15) is 0 Å². The maximum absolute atomic E-state index is 11.8. The third kappa shape index (κ3) is 7.69. The van der Waals surface area contributed by atoms with Crippen molar-refractivity contribution in [3.8, 4) is 22.6 Å². The van der Waals surface area contributed by atoms with Crippen molar-refractivity contribution in [1.29, 1.82) is 0 Å². The van der Waals surface area contributed by atoms with Crippen molar-refractivity contribution in [2.75, 3.05) is 26.4 Å². The van der Waals surface area contributed by atoms with Gasteiger partial charge < -0.3 is 29.2 Å². The molecule has 63 heavy (non-hydrogen) atoms. The molecule has 2 atom stereocenters. The lowest BCUT2D eigenvalue weighted by molar-refractivity contribution is -0.142. The molecule has 0 amide bonds. The zero-order valence-electron chi connectivity index (χ0n) is 35.0.